The number of carbonyl (C=O) groups is 1. The molecule has 0 aliphatic heterocycles. The predicted octanol–water partition coefficient (Wildman–Crippen LogP) is 5.31. The fraction of sp³-hybridized carbons (Fsp3) is 0.211. The number of aryl methyl sites for hydroxylation is 1. The zero-order valence-corrected chi connectivity index (χ0v) is 17.2. The molecule has 0 aliphatic carbocycles. The molecule has 27 heavy (non-hydrogen) atoms. The van der Waals surface area contributed by atoms with Crippen molar-refractivity contribution < 1.29 is 4.79 Å². The van der Waals surface area contributed by atoms with Crippen molar-refractivity contribution in [1.82, 2.24) is 14.8 Å². The number of hydrogen-bond donors (Lipinski definition) is 1. The molecule has 0 atom stereocenters. The Bertz CT molecular complexity index is 957. The molecule has 1 N–H and O–H groups in total. The van der Waals surface area contributed by atoms with E-state index in [1.807, 2.05) is 36.6 Å². The van der Waals surface area contributed by atoms with Gasteiger partial charge < -0.3 is 9.88 Å². The average molecular weight is 421 g/mol. The maximum absolute atomic E-state index is 12.2. The number of carbonyl (C=O) groups excluding carboxylic acids is 1. The summed E-state index contributed by atoms with van der Waals surface area (Å²) in [5, 5.41) is 13.4. The Morgan fingerprint density at radius 1 is 1.15 bits per heavy atom. The highest BCUT2D eigenvalue weighted by molar-refractivity contribution is 7.99. The smallest absolute Gasteiger partial charge is 0.234 e. The lowest BCUT2D eigenvalue weighted by atomic mass is 10.1. The zero-order chi connectivity index (χ0) is 19.4. The van der Waals surface area contributed by atoms with Gasteiger partial charge in [0.25, 0.3) is 0 Å². The lowest BCUT2D eigenvalue weighted by Gasteiger charge is -2.09. The Kier molecular flexibility index (Phi) is 6.42. The lowest BCUT2D eigenvalue weighted by molar-refractivity contribution is -0.113. The van der Waals surface area contributed by atoms with Crippen LogP contribution in [0.2, 0.25) is 10.0 Å². The Balaban J connectivity index is 1.70. The standard InChI is InChI=1S/C19H18Cl2N4OS/c1-3-25-18(13-5-4-12(2)16(21)10-13)23-24-19(25)27-11-17(26)22-15-8-6-14(20)7-9-15/h4-10H,3,11H2,1-2H3,(H,22,26). The molecule has 0 aliphatic rings. The molecule has 0 spiro atoms. The summed E-state index contributed by atoms with van der Waals surface area (Å²) in [7, 11) is 0. The van der Waals surface area contributed by atoms with Crippen LogP contribution in [0.3, 0.4) is 0 Å². The first kappa shape index (κ1) is 19.7. The summed E-state index contributed by atoms with van der Waals surface area (Å²) < 4.78 is 1.97. The number of anilines is 1. The highest BCUT2D eigenvalue weighted by Crippen LogP contribution is 2.27. The molecular formula is C19H18Cl2N4OS. The van der Waals surface area contributed by atoms with E-state index in [0.717, 1.165) is 17.0 Å². The van der Waals surface area contributed by atoms with Crippen molar-refractivity contribution in [3.63, 3.8) is 0 Å². The first-order valence-corrected chi connectivity index (χ1v) is 10.1. The SMILES string of the molecule is CCn1c(SCC(=O)Nc2ccc(Cl)cc2)nnc1-c1ccc(C)c(Cl)c1. The summed E-state index contributed by atoms with van der Waals surface area (Å²) in [6.45, 7) is 4.66. The van der Waals surface area contributed by atoms with Crippen molar-refractivity contribution in [2.45, 2.75) is 25.5 Å². The Hall–Kier alpha value is -2.02. The Morgan fingerprint density at radius 2 is 1.89 bits per heavy atom. The number of nitrogens with zero attached hydrogens (tertiary/aromatic N) is 3. The first-order valence-electron chi connectivity index (χ1n) is 8.36. The van der Waals surface area contributed by atoms with Gasteiger partial charge in [-0.05, 0) is 49.7 Å². The van der Waals surface area contributed by atoms with Gasteiger partial charge in [0.05, 0.1) is 5.75 Å². The van der Waals surface area contributed by atoms with Crippen molar-refractivity contribution >= 4 is 46.6 Å². The van der Waals surface area contributed by atoms with Crippen LogP contribution in [-0.4, -0.2) is 26.4 Å². The maximum Gasteiger partial charge on any atom is 0.234 e. The molecule has 0 saturated heterocycles. The lowest BCUT2D eigenvalue weighted by Crippen LogP contribution is -2.14. The number of rotatable bonds is 6. The van der Waals surface area contributed by atoms with E-state index in [1.165, 1.54) is 11.8 Å². The second kappa shape index (κ2) is 8.78. The van der Waals surface area contributed by atoms with E-state index < -0.39 is 0 Å². The van der Waals surface area contributed by atoms with E-state index in [1.54, 1.807) is 24.3 Å². The molecule has 0 bridgehead atoms. The number of halogens is 2. The quantitative estimate of drug-likeness (QED) is 0.548. The van der Waals surface area contributed by atoms with Gasteiger partial charge in [-0.25, -0.2) is 0 Å². The van der Waals surface area contributed by atoms with Gasteiger partial charge in [-0.3, -0.25) is 4.79 Å². The first-order chi connectivity index (χ1) is 13.0. The number of aromatic nitrogens is 3. The molecule has 1 heterocycles. The molecule has 1 amide bonds. The van der Waals surface area contributed by atoms with E-state index in [2.05, 4.69) is 15.5 Å². The molecule has 0 fully saturated rings. The average Bonchev–Trinajstić information content (AvgIpc) is 3.07. The number of nitrogens with one attached hydrogen (secondary N) is 1. The van der Waals surface area contributed by atoms with Crippen LogP contribution in [-0.2, 0) is 11.3 Å². The fourth-order valence-corrected chi connectivity index (χ4v) is 3.60. The molecule has 5 nitrogen and oxygen atoms in total. The van der Waals surface area contributed by atoms with Crippen LogP contribution < -0.4 is 5.32 Å². The van der Waals surface area contributed by atoms with Crippen molar-refractivity contribution in [2.75, 3.05) is 11.1 Å². The molecule has 0 saturated carbocycles. The van der Waals surface area contributed by atoms with Crippen molar-refractivity contribution in [3.8, 4) is 11.4 Å². The molecule has 3 aromatic rings. The van der Waals surface area contributed by atoms with Gasteiger partial charge in [0.15, 0.2) is 11.0 Å². The highest BCUT2D eigenvalue weighted by Gasteiger charge is 2.15. The van der Waals surface area contributed by atoms with Crippen LogP contribution in [0.4, 0.5) is 5.69 Å². The highest BCUT2D eigenvalue weighted by atomic mass is 35.5. The fourth-order valence-electron chi connectivity index (χ4n) is 2.49. The molecule has 0 unspecified atom stereocenters. The molecule has 8 heteroatoms. The van der Waals surface area contributed by atoms with Crippen LogP contribution >= 0.6 is 35.0 Å². The summed E-state index contributed by atoms with van der Waals surface area (Å²) in [4.78, 5) is 12.2. The number of thioether (sulfide) groups is 1. The van der Waals surface area contributed by atoms with Crippen molar-refractivity contribution in [2.24, 2.45) is 0 Å². The third-order valence-corrected chi connectivity index (χ3v) is 5.55. The Labute approximate surface area is 172 Å². The van der Waals surface area contributed by atoms with Crippen LogP contribution in [0.5, 0.6) is 0 Å². The maximum atomic E-state index is 12.2. The molecule has 0 radical (unpaired) electrons. The van der Waals surface area contributed by atoms with Gasteiger partial charge in [-0.2, -0.15) is 0 Å². The monoisotopic (exact) mass is 420 g/mol. The van der Waals surface area contributed by atoms with Gasteiger partial charge >= 0.3 is 0 Å². The second-order valence-electron chi connectivity index (χ2n) is 5.86. The molecule has 2 aromatic carbocycles. The molecular weight excluding hydrogens is 403 g/mol. The third-order valence-electron chi connectivity index (χ3n) is 3.92. The van der Waals surface area contributed by atoms with Crippen LogP contribution in [0.25, 0.3) is 11.4 Å². The van der Waals surface area contributed by atoms with E-state index in [4.69, 9.17) is 23.2 Å². The van der Waals surface area contributed by atoms with Crippen LogP contribution in [0.15, 0.2) is 47.6 Å². The summed E-state index contributed by atoms with van der Waals surface area (Å²) in [5.41, 5.74) is 2.62. The Morgan fingerprint density at radius 3 is 2.56 bits per heavy atom. The minimum atomic E-state index is -0.118. The number of hydrogen-bond acceptors (Lipinski definition) is 4. The van der Waals surface area contributed by atoms with E-state index >= 15 is 0 Å². The van der Waals surface area contributed by atoms with Gasteiger partial charge in [0.1, 0.15) is 0 Å². The third kappa shape index (κ3) is 4.83. The van der Waals surface area contributed by atoms with Gasteiger partial charge in [0, 0.05) is 27.8 Å². The van der Waals surface area contributed by atoms with Gasteiger partial charge in [0.2, 0.25) is 5.91 Å². The zero-order valence-electron chi connectivity index (χ0n) is 14.9. The van der Waals surface area contributed by atoms with Gasteiger partial charge in [-0.1, -0.05) is 47.1 Å². The van der Waals surface area contributed by atoms with E-state index in [9.17, 15) is 4.79 Å². The van der Waals surface area contributed by atoms with Gasteiger partial charge in [-0.15, -0.1) is 10.2 Å². The normalized spacial score (nSPS) is 10.8. The summed E-state index contributed by atoms with van der Waals surface area (Å²) in [6.07, 6.45) is 0. The molecule has 1 aromatic heterocycles. The summed E-state index contributed by atoms with van der Waals surface area (Å²) in [6, 6.07) is 12.8. The van der Waals surface area contributed by atoms with Crippen molar-refractivity contribution in [3.05, 3.63) is 58.1 Å². The number of benzene rings is 2. The largest absolute Gasteiger partial charge is 0.325 e. The second-order valence-corrected chi connectivity index (χ2v) is 7.64. The van der Waals surface area contributed by atoms with Crippen LogP contribution in [0.1, 0.15) is 12.5 Å². The molecule has 3 rings (SSSR count). The summed E-state index contributed by atoms with van der Waals surface area (Å²) >= 11 is 13.4. The minimum absolute atomic E-state index is 0.118. The van der Waals surface area contributed by atoms with Crippen LogP contribution in [0, 0.1) is 6.92 Å². The van der Waals surface area contributed by atoms with Crippen molar-refractivity contribution in [1.29, 1.82) is 0 Å². The number of amides is 1. The predicted molar refractivity (Wildman–Crippen MR) is 112 cm³/mol. The van der Waals surface area contributed by atoms with E-state index in [0.29, 0.717) is 27.4 Å². The topological polar surface area (TPSA) is 59.8 Å². The van der Waals surface area contributed by atoms with E-state index in [-0.39, 0.29) is 11.7 Å². The minimum Gasteiger partial charge on any atom is -0.325 e. The molecule has 140 valence electrons. The summed E-state index contributed by atoms with van der Waals surface area (Å²) in [5.74, 6) is 0.850.